The van der Waals surface area contributed by atoms with Crippen LogP contribution in [0.2, 0.25) is 0 Å². The summed E-state index contributed by atoms with van der Waals surface area (Å²) in [6.45, 7) is 1.81. The van der Waals surface area contributed by atoms with Crippen LogP contribution in [0.5, 0.6) is 0 Å². The molecule has 0 aliphatic rings. The zero-order valence-electron chi connectivity index (χ0n) is 16.9. The molecule has 0 aliphatic heterocycles. The number of carbonyl (C=O) groups excluding carboxylic acids is 1. The van der Waals surface area contributed by atoms with Crippen molar-refractivity contribution in [3.63, 3.8) is 0 Å². The Bertz CT molecular complexity index is 1320. The van der Waals surface area contributed by atoms with Crippen molar-refractivity contribution >= 4 is 33.1 Å². The van der Waals surface area contributed by atoms with Crippen molar-refractivity contribution in [1.82, 2.24) is 19.1 Å². The van der Waals surface area contributed by atoms with Gasteiger partial charge in [-0.2, -0.15) is 9.78 Å². The Morgan fingerprint density at radius 3 is 2.58 bits per heavy atom. The van der Waals surface area contributed by atoms with Crippen molar-refractivity contribution in [2.75, 3.05) is 19.4 Å². The topological polar surface area (TPSA) is 110 Å². The van der Waals surface area contributed by atoms with Gasteiger partial charge in [-0.25, -0.2) is 17.7 Å². The second-order valence-corrected chi connectivity index (χ2v) is 9.83. The maximum atomic E-state index is 12.7. The van der Waals surface area contributed by atoms with Crippen molar-refractivity contribution in [3.05, 3.63) is 65.4 Å². The molecule has 11 heteroatoms. The number of aromatic nitrogens is 3. The van der Waals surface area contributed by atoms with Gasteiger partial charge in [0, 0.05) is 31.1 Å². The third-order valence-corrected chi connectivity index (χ3v) is 7.06. The van der Waals surface area contributed by atoms with Crippen LogP contribution < -0.4 is 5.32 Å². The molecule has 4 aromatic rings. The SMILES string of the molecule is Cc1cc(NC(=O)c2ccc(S(=O)(=O)N(C)C)cc2)n(-c2nc(-c3ccco3)cs2)n1. The maximum absolute atomic E-state index is 12.7. The number of aryl methyl sites for hydroxylation is 1. The normalized spacial score (nSPS) is 11.7. The number of hydrogen-bond donors (Lipinski definition) is 1. The number of furan rings is 1. The number of amides is 1. The largest absolute Gasteiger partial charge is 0.463 e. The molecule has 0 radical (unpaired) electrons. The quantitative estimate of drug-likeness (QED) is 0.475. The standard InChI is InChI=1S/C20H19N5O4S2/c1-13-11-18(25(23-13)20-21-16(12-30-20)17-5-4-10-29-17)22-19(26)14-6-8-15(9-7-14)31(27,28)24(2)3/h4-12H,1-3H3,(H,22,26). The molecule has 0 atom stereocenters. The van der Waals surface area contributed by atoms with E-state index in [-0.39, 0.29) is 4.90 Å². The number of benzene rings is 1. The molecular formula is C20H19N5O4S2. The fourth-order valence-electron chi connectivity index (χ4n) is 2.81. The lowest BCUT2D eigenvalue weighted by atomic mass is 10.2. The number of nitrogens with one attached hydrogen (secondary N) is 1. The lowest BCUT2D eigenvalue weighted by molar-refractivity contribution is 0.102. The molecule has 1 N–H and O–H groups in total. The summed E-state index contributed by atoms with van der Waals surface area (Å²) < 4.78 is 32.4. The summed E-state index contributed by atoms with van der Waals surface area (Å²) in [4.78, 5) is 17.4. The number of thiazole rings is 1. The number of anilines is 1. The van der Waals surface area contributed by atoms with Gasteiger partial charge in [0.1, 0.15) is 11.5 Å². The third-order valence-electron chi connectivity index (χ3n) is 4.42. The minimum Gasteiger partial charge on any atom is -0.463 e. The van der Waals surface area contributed by atoms with E-state index >= 15 is 0 Å². The average Bonchev–Trinajstić information content (AvgIpc) is 3.48. The van der Waals surface area contributed by atoms with Crippen LogP contribution in [0, 0.1) is 6.92 Å². The molecular weight excluding hydrogens is 438 g/mol. The van der Waals surface area contributed by atoms with Gasteiger partial charge in [-0.05, 0) is 43.3 Å². The fraction of sp³-hybridized carbons (Fsp3) is 0.150. The predicted octanol–water partition coefficient (Wildman–Crippen LogP) is 3.40. The van der Waals surface area contributed by atoms with Crippen LogP contribution >= 0.6 is 11.3 Å². The molecule has 9 nitrogen and oxygen atoms in total. The molecule has 0 fully saturated rings. The lowest BCUT2D eigenvalue weighted by Gasteiger charge is -2.11. The highest BCUT2D eigenvalue weighted by Crippen LogP contribution is 2.27. The van der Waals surface area contributed by atoms with Crippen molar-refractivity contribution in [3.8, 4) is 16.6 Å². The molecule has 0 aliphatic carbocycles. The zero-order chi connectivity index (χ0) is 22.2. The monoisotopic (exact) mass is 457 g/mol. The minimum absolute atomic E-state index is 0.114. The van der Waals surface area contributed by atoms with E-state index in [1.54, 1.807) is 23.1 Å². The first-order chi connectivity index (χ1) is 14.8. The van der Waals surface area contributed by atoms with Crippen LogP contribution in [0.4, 0.5) is 5.82 Å². The van der Waals surface area contributed by atoms with E-state index in [4.69, 9.17) is 4.42 Å². The summed E-state index contributed by atoms with van der Waals surface area (Å²) in [5.41, 5.74) is 1.70. The summed E-state index contributed by atoms with van der Waals surface area (Å²) in [6, 6.07) is 11.1. The van der Waals surface area contributed by atoms with Gasteiger partial charge in [-0.1, -0.05) is 0 Å². The van der Waals surface area contributed by atoms with E-state index in [9.17, 15) is 13.2 Å². The van der Waals surface area contributed by atoms with Gasteiger partial charge >= 0.3 is 0 Å². The average molecular weight is 458 g/mol. The van der Waals surface area contributed by atoms with Crippen molar-refractivity contribution in [2.45, 2.75) is 11.8 Å². The summed E-state index contributed by atoms with van der Waals surface area (Å²) >= 11 is 1.37. The molecule has 4 rings (SSSR count). The highest BCUT2D eigenvalue weighted by Gasteiger charge is 2.19. The Morgan fingerprint density at radius 2 is 1.94 bits per heavy atom. The summed E-state index contributed by atoms with van der Waals surface area (Å²) in [5.74, 6) is 0.704. The highest BCUT2D eigenvalue weighted by molar-refractivity contribution is 7.89. The molecule has 3 aromatic heterocycles. The van der Waals surface area contributed by atoms with Crippen LogP contribution in [0.25, 0.3) is 16.6 Å². The molecule has 160 valence electrons. The predicted molar refractivity (Wildman–Crippen MR) is 117 cm³/mol. The van der Waals surface area contributed by atoms with E-state index in [1.807, 2.05) is 18.4 Å². The third kappa shape index (κ3) is 4.15. The van der Waals surface area contributed by atoms with E-state index in [0.717, 1.165) is 4.31 Å². The number of sulfonamides is 1. The van der Waals surface area contributed by atoms with Crippen LogP contribution in [0.1, 0.15) is 16.1 Å². The first-order valence-electron chi connectivity index (χ1n) is 9.16. The number of nitrogens with zero attached hydrogens (tertiary/aromatic N) is 4. The first-order valence-corrected chi connectivity index (χ1v) is 11.5. The smallest absolute Gasteiger partial charge is 0.256 e. The number of rotatable bonds is 6. The summed E-state index contributed by atoms with van der Waals surface area (Å²) in [6.07, 6.45) is 1.58. The van der Waals surface area contributed by atoms with E-state index < -0.39 is 15.9 Å². The minimum atomic E-state index is -3.56. The van der Waals surface area contributed by atoms with E-state index in [1.165, 1.54) is 49.7 Å². The van der Waals surface area contributed by atoms with Crippen molar-refractivity contribution < 1.29 is 17.6 Å². The Balaban J connectivity index is 1.57. The van der Waals surface area contributed by atoms with E-state index in [0.29, 0.717) is 33.7 Å². The Hall–Kier alpha value is -3.28. The summed E-state index contributed by atoms with van der Waals surface area (Å²) in [7, 11) is -0.654. The van der Waals surface area contributed by atoms with Crippen LogP contribution in [0.3, 0.4) is 0 Å². The van der Waals surface area contributed by atoms with Gasteiger partial charge in [0.2, 0.25) is 15.2 Å². The molecule has 0 saturated carbocycles. The molecule has 1 amide bonds. The number of carbonyl (C=O) groups is 1. The molecule has 0 unspecified atom stereocenters. The Morgan fingerprint density at radius 1 is 1.19 bits per heavy atom. The van der Waals surface area contributed by atoms with Gasteiger partial charge in [-0.3, -0.25) is 4.79 Å². The van der Waals surface area contributed by atoms with Gasteiger partial charge < -0.3 is 9.73 Å². The van der Waals surface area contributed by atoms with Gasteiger partial charge in [0.05, 0.1) is 16.9 Å². The second kappa shape index (κ2) is 8.10. The lowest BCUT2D eigenvalue weighted by Crippen LogP contribution is -2.22. The highest BCUT2D eigenvalue weighted by atomic mass is 32.2. The molecule has 0 saturated heterocycles. The zero-order valence-corrected chi connectivity index (χ0v) is 18.6. The van der Waals surface area contributed by atoms with Crippen molar-refractivity contribution in [1.29, 1.82) is 0 Å². The van der Waals surface area contributed by atoms with Crippen LogP contribution in [-0.2, 0) is 10.0 Å². The maximum Gasteiger partial charge on any atom is 0.256 e. The van der Waals surface area contributed by atoms with Gasteiger partial charge in [0.15, 0.2) is 5.76 Å². The summed E-state index contributed by atoms with van der Waals surface area (Å²) in [5, 5.41) is 9.66. The molecule has 0 bridgehead atoms. The molecule has 0 spiro atoms. The second-order valence-electron chi connectivity index (χ2n) is 6.84. The van der Waals surface area contributed by atoms with Crippen LogP contribution in [0.15, 0.2) is 63.4 Å². The first kappa shape index (κ1) is 21.0. The molecule has 31 heavy (non-hydrogen) atoms. The van der Waals surface area contributed by atoms with Crippen LogP contribution in [-0.4, -0.2) is 47.5 Å². The molecule has 1 aromatic carbocycles. The Kier molecular flexibility index (Phi) is 5.48. The van der Waals surface area contributed by atoms with Gasteiger partial charge in [-0.15, -0.1) is 11.3 Å². The number of hydrogen-bond acceptors (Lipinski definition) is 7. The molecule has 3 heterocycles. The fourth-order valence-corrected chi connectivity index (χ4v) is 4.49. The van der Waals surface area contributed by atoms with E-state index in [2.05, 4.69) is 15.4 Å². The van der Waals surface area contributed by atoms with Gasteiger partial charge in [0.25, 0.3) is 5.91 Å². The Labute approximate surface area is 183 Å². The van der Waals surface area contributed by atoms with Crippen molar-refractivity contribution in [2.24, 2.45) is 0 Å².